The second-order valence-electron chi connectivity index (χ2n) is 11.1. The van der Waals surface area contributed by atoms with E-state index in [0.29, 0.717) is 31.6 Å². The van der Waals surface area contributed by atoms with Gasteiger partial charge in [-0.1, -0.05) is 70.2 Å². The van der Waals surface area contributed by atoms with Crippen LogP contribution in [0.3, 0.4) is 0 Å². The summed E-state index contributed by atoms with van der Waals surface area (Å²) in [7, 11) is 0. The molecule has 4 N–H and O–H groups in total. The third-order valence-electron chi connectivity index (χ3n) is 6.60. The zero-order valence-electron chi connectivity index (χ0n) is 23.9. The van der Waals surface area contributed by atoms with Crippen LogP contribution in [-0.2, 0) is 20.8 Å². The minimum atomic E-state index is -1.14. The number of carbonyl (C=O) groups is 4. The van der Waals surface area contributed by atoms with Gasteiger partial charge in [-0.05, 0) is 48.8 Å². The Labute approximate surface area is 236 Å². The van der Waals surface area contributed by atoms with Crippen LogP contribution in [0, 0.1) is 11.8 Å². The van der Waals surface area contributed by atoms with Crippen LogP contribution >= 0.6 is 0 Å². The second-order valence-corrected chi connectivity index (χ2v) is 11.1. The number of nitrogens with one attached hydrogen (secondary N) is 4. The average Bonchev–Trinajstić information content (AvgIpc) is 2.90. The fourth-order valence-electron chi connectivity index (χ4n) is 4.69. The number of rotatable bonds is 8. The minimum absolute atomic E-state index is 0.137. The van der Waals surface area contributed by atoms with Crippen molar-refractivity contribution in [1.82, 2.24) is 21.3 Å². The highest BCUT2D eigenvalue weighted by atomic mass is 16.5. The maximum Gasteiger partial charge on any atom is 0.255 e. The van der Waals surface area contributed by atoms with Gasteiger partial charge in [0.2, 0.25) is 17.7 Å². The summed E-state index contributed by atoms with van der Waals surface area (Å²) in [6, 6.07) is 14.2. The number of hydrogen-bond acceptors (Lipinski definition) is 5. The van der Waals surface area contributed by atoms with Crippen LogP contribution in [0.25, 0.3) is 0 Å². The molecule has 216 valence electrons. The van der Waals surface area contributed by atoms with E-state index in [9.17, 15) is 19.2 Å². The number of carbonyl (C=O) groups excluding carboxylic acids is 4. The van der Waals surface area contributed by atoms with E-state index in [0.717, 1.165) is 5.56 Å². The molecule has 0 radical (unpaired) electrons. The lowest BCUT2D eigenvalue weighted by molar-refractivity contribution is -0.131. The lowest BCUT2D eigenvalue weighted by Gasteiger charge is -2.27. The highest BCUT2D eigenvalue weighted by molar-refractivity contribution is 6.01. The lowest BCUT2D eigenvalue weighted by atomic mass is 10.00. The molecule has 9 nitrogen and oxygen atoms in total. The number of hydrogen-bond donors (Lipinski definition) is 4. The summed E-state index contributed by atoms with van der Waals surface area (Å²) in [5.41, 5.74) is 1.30. The smallest absolute Gasteiger partial charge is 0.255 e. The van der Waals surface area contributed by atoms with E-state index in [1.54, 1.807) is 24.3 Å². The zero-order valence-corrected chi connectivity index (χ0v) is 23.9. The van der Waals surface area contributed by atoms with E-state index in [1.807, 2.05) is 44.2 Å². The van der Waals surface area contributed by atoms with Crippen LogP contribution in [0.4, 0.5) is 0 Å². The van der Waals surface area contributed by atoms with Crippen LogP contribution < -0.4 is 26.0 Å². The quantitative estimate of drug-likeness (QED) is 0.402. The Morgan fingerprint density at radius 3 is 2.27 bits per heavy atom. The molecule has 40 heavy (non-hydrogen) atoms. The maximum atomic E-state index is 13.3. The van der Waals surface area contributed by atoms with Gasteiger partial charge in [0, 0.05) is 6.54 Å². The van der Waals surface area contributed by atoms with E-state index in [4.69, 9.17) is 4.74 Å². The van der Waals surface area contributed by atoms with Gasteiger partial charge in [0.05, 0.1) is 18.0 Å². The van der Waals surface area contributed by atoms with Gasteiger partial charge >= 0.3 is 0 Å². The van der Waals surface area contributed by atoms with E-state index in [2.05, 4.69) is 35.1 Å². The molecule has 2 aromatic rings. The molecule has 1 heterocycles. The summed E-state index contributed by atoms with van der Waals surface area (Å²) < 4.78 is 6.05. The molecule has 0 spiro atoms. The summed E-state index contributed by atoms with van der Waals surface area (Å²) >= 11 is 0. The first kappa shape index (κ1) is 30.7. The van der Waals surface area contributed by atoms with Crippen molar-refractivity contribution in [3.63, 3.8) is 0 Å². The fraction of sp³-hybridized carbons (Fsp3) is 0.484. The Kier molecular flexibility index (Phi) is 11.5. The molecule has 4 amide bonds. The van der Waals surface area contributed by atoms with E-state index in [-0.39, 0.29) is 42.4 Å². The van der Waals surface area contributed by atoms with E-state index in [1.165, 1.54) is 0 Å². The van der Waals surface area contributed by atoms with Crippen molar-refractivity contribution in [1.29, 1.82) is 0 Å². The van der Waals surface area contributed by atoms with Crippen LogP contribution in [-0.4, -0.2) is 54.9 Å². The van der Waals surface area contributed by atoms with Crippen molar-refractivity contribution in [3.05, 3.63) is 65.7 Å². The molecule has 0 aromatic heterocycles. The van der Waals surface area contributed by atoms with Gasteiger partial charge in [-0.25, -0.2) is 0 Å². The number of amides is 4. The molecule has 0 aliphatic carbocycles. The predicted molar refractivity (Wildman–Crippen MR) is 154 cm³/mol. The van der Waals surface area contributed by atoms with Crippen LogP contribution in [0.5, 0.6) is 5.75 Å². The van der Waals surface area contributed by atoms with Gasteiger partial charge in [0.15, 0.2) is 0 Å². The molecule has 9 heteroatoms. The molecule has 0 saturated heterocycles. The molecule has 3 atom stereocenters. The summed E-state index contributed by atoms with van der Waals surface area (Å²) in [4.78, 5) is 53.0. The second kappa shape index (κ2) is 15.1. The first-order valence-electron chi connectivity index (χ1n) is 14.1. The van der Waals surface area contributed by atoms with E-state index >= 15 is 0 Å². The number of fused-ring (bicyclic) bond motifs is 1. The van der Waals surface area contributed by atoms with Crippen LogP contribution in [0.15, 0.2) is 54.6 Å². The molecular weight excluding hydrogens is 508 g/mol. The normalized spacial score (nSPS) is 20.4. The molecule has 0 saturated carbocycles. The van der Waals surface area contributed by atoms with Crippen molar-refractivity contribution in [2.24, 2.45) is 11.8 Å². The highest BCUT2D eigenvalue weighted by Gasteiger charge is 2.30. The molecule has 0 fully saturated rings. The lowest BCUT2D eigenvalue weighted by Crippen LogP contribution is -2.54. The summed E-state index contributed by atoms with van der Waals surface area (Å²) in [5.74, 6) is -1.03. The first-order chi connectivity index (χ1) is 19.1. The Hall–Kier alpha value is -3.88. The predicted octanol–water partition coefficient (Wildman–Crippen LogP) is 2.99. The highest BCUT2D eigenvalue weighted by Crippen LogP contribution is 2.20. The fourth-order valence-corrected chi connectivity index (χ4v) is 4.69. The van der Waals surface area contributed by atoms with Crippen molar-refractivity contribution >= 4 is 23.6 Å². The summed E-state index contributed by atoms with van der Waals surface area (Å²) in [6.07, 6.45) is 1.37. The first-order valence-corrected chi connectivity index (χ1v) is 14.1. The monoisotopic (exact) mass is 550 g/mol. The molecule has 1 aliphatic rings. The molecule has 1 aliphatic heterocycles. The van der Waals surface area contributed by atoms with Crippen LogP contribution in [0.2, 0.25) is 0 Å². The number of benzene rings is 2. The summed E-state index contributed by atoms with van der Waals surface area (Å²) in [6.45, 7) is 8.54. The Morgan fingerprint density at radius 1 is 0.900 bits per heavy atom. The van der Waals surface area contributed by atoms with Crippen molar-refractivity contribution in [2.75, 3.05) is 13.2 Å². The average molecular weight is 551 g/mol. The van der Waals surface area contributed by atoms with Gasteiger partial charge < -0.3 is 26.0 Å². The van der Waals surface area contributed by atoms with Gasteiger partial charge in [-0.2, -0.15) is 0 Å². The third-order valence-corrected chi connectivity index (χ3v) is 6.60. The third kappa shape index (κ3) is 9.70. The SMILES string of the molecule is CC(C)C[C@@H]1COc2ccccc2C(=O)N[C@H](C(=O)NCCc2ccccc2)CC(=O)N[C@H](CC(C)C)C(=O)N1. The van der Waals surface area contributed by atoms with Crippen molar-refractivity contribution < 1.29 is 23.9 Å². The standard InChI is InChI=1S/C31H42N4O5/c1-20(2)16-23-19-40-27-13-9-8-12-24(27)29(37)35-26(30(38)32-15-14-22-10-6-5-7-11-22)18-28(36)34-25(17-21(3)4)31(39)33-23/h5-13,20-21,23,25-26H,14-19H2,1-4H3,(H,32,38)(H,33,39)(H,34,36)(H,35,37)/t23-,25-,26+/m1/s1. The Balaban J connectivity index is 1.86. The zero-order chi connectivity index (χ0) is 29.1. The topological polar surface area (TPSA) is 126 Å². The number of para-hydroxylation sites is 1. The minimum Gasteiger partial charge on any atom is -0.491 e. The van der Waals surface area contributed by atoms with Gasteiger partial charge in [-0.15, -0.1) is 0 Å². The molecule has 3 rings (SSSR count). The maximum absolute atomic E-state index is 13.3. The number of ether oxygens (including phenoxy) is 1. The molecule has 2 aromatic carbocycles. The molecular formula is C31H42N4O5. The van der Waals surface area contributed by atoms with Crippen LogP contribution in [0.1, 0.15) is 62.9 Å². The Morgan fingerprint density at radius 2 is 1.57 bits per heavy atom. The van der Waals surface area contributed by atoms with Gasteiger partial charge in [0.1, 0.15) is 24.4 Å². The molecule has 0 unspecified atom stereocenters. The van der Waals surface area contributed by atoms with Gasteiger partial charge in [-0.3, -0.25) is 19.2 Å². The van der Waals surface area contributed by atoms with Crippen molar-refractivity contribution in [3.8, 4) is 5.75 Å². The largest absolute Gasteiger partial charge is 0.491 e. The van der Waals surface area contributed by atoms with Crippen molar-refractivity contribution in [2.45, 2.75) is 71.5 Å². The summed E-state index contributed by atoms with van der Waals surface area (Å²) in [5, 5.41) is 11.4. The Bertz CT molecular complexity index is 1150. The molecule has 0 bridgehead atoms. The van der Waals surface area contributed by atoms with E-state index < -0.39 is 29.8 Å². The van der Waals surface area contributed by atoms with Gasteiger partial charge in [0.25, 0.3) is 5.91 Å².